The minimum absolute atomic E-state index is 0.0302. The Morgan fingerprint density at radius 2 is 2.32 bits per heavy atom. The van der Waals surface area contributed by atoms with Crippen LogP contribution in [-0.4, -0.2) is 59.3 Å². The number of nitrogens with zero attached hydrogens (tertiary/aromatic N) is 5. The van der Waals surface area contributed by atoms with Crippen molar-refractivity contribution in [3.63, 3.8) is 0 Å². The molecule has 2 rings (SSSR count). The highest BCUT2D eigenvalue weighted by Crippen LogP contribution is 2.32. The monoisotopic (exact) mass is 285 g/mol. The fraction of sp³-hybridized carbons (Fsp3) is 0.700. The van der Waals surface area contributed by atoms with E-state index in [4.69, 9.17) is 0 Å². The van der Waals surface area contributed by atoms with Crippen LogP contribution in [0.25, 0.3) is 0 Å². The molecule has 0 aromatic carbocycles. The second-order valence-corrected chi connectivity index (χ2v) is 5.45. The lowest BCUT2D eigenvalue weighted by Crippen LogP contribution is -2.47. The molecule has 2 heterocycles. The standard InChI is InChI=1S/C10H15N5O3S/c1-2-3-9-15(7(5-19-9)10(17)18)8(16)4-14-6-11-12-13-14/h6-7,9H,2-5H2,1H3,(H,17,18). The van der Waals surface area contributed by atoms with Crippen LogP contribution in [0.5, 0.6) is 0 Å². The molecule has 1 saturated heterocycles. The summed E-state index contributed by atoms with van der Waals surface area (Å²) in [6.07, 6.45) is 3.03. The topological polar surface area (TPSA) is 101 Å². The van der Waals surface area contributed by atoms with Gasteiger partial charge in [-0.1, -0.05) is 13.3 Å². The number of aliphatic carboxylic acids is 1. The molecular formula is C10H15N5O3S. The summed E-state index contributed by atoms with van der Waals surface area (Å²) in [7, 11) is 0. The van der Waals surface area contributed by atoms with E-state index in [1.807, 2.05) is 6.92 Å². The lowest BCUT2D eigenvalue weighted by molar-refractivity contribution is -0.149. The van der Waals surface area contributed by atoms with Crippen LogP contribution in [0.1, 0.15) is 19.8 Å². The highest BCUT2D eigenvalue weighted by atomic mass is 32.2. The first-order valence-corrected chi connectivity index (χ1v) is 7.04. The minimum Gasteiger partial charge on any atom is -0.480 e. The molecule has 1 N–H and O–H groups in total. The van der Waals surface area contributed by atoms with E-state index in [0.717, 1.165) is 12.8 Å². The highest BCUT2D eigenvalue weighted by molar-refractivity contribution is 8.00. The summed E-state index contributed by atoms with van der Waals surface area (Å²) in [5, 5.41) is 19.6. The van der Waals surface area contributed by atoms with E-state index < -0.39 is 12.0 Å². The van der Waals surface area contributed by atoms with Crippen molar-refractivity contribution in [1.82, 2.24) is 25.1 Å². The van der Waals surface area contributed by atoms with Crippen molar-refractivity contribution in [2.75, 3.05) is 5.75 Å². The van der Waals surface area contributed by atoms with E-state index in [2.05, 4.69) is 15.5 Å². The van der Waals surface area contributed by atoms with Crippen LogP contribution in [0.3, 0.4) is 0 Å². The fourth-order valence-electron chi connectivity index (χ4n) is 2.03. The number of carboxylic acid groups (broad SMARTS) is 1. The molecule has 0 spiro atoms. The SMILES string of the molecule is CCCC1SCC(C(=O)O)N1C(=O)Cn1cnnn1. The molecule has 1 amide bonds. The number of amides is 1. The average Bonchev–Trinajstić information content (AvgIpc) is 2.98. The Morgan fingerprint density at radius 3 is 2.89 bits per heavy atom. The molecule has 19 heavy (non-hydrogen) atoms. The minimum atomic E-state index is -0.962. The summed E-state index contributed by atoms with van der Waals surface area (Å²) in [5.74, 6) is -0.791. The van der Waals surface area contributed by atoms with E-state index in [9.17, 15) is 14.7 Å². The van der Waals surface area contributed by atoms with Crippen molar-refractivity contribution in [3.05, 3.63) is 6.33 Å². The van der Waals surface area contributed by atoms with Crippen molar-refractivity contribution in [2.45, 2.75) is 37.7 Å². The van der Waals surface area contributed by atoms with E-state index in [1.54, 1.807) is 0 Å². The first-order chi connectivity index (χ1) is 9.13. The first-order valence-electron chi connectivity index (χ1n) is 5.99. The van der Waals surface area contributed by atoms with Gasteiger partial charge in [0.1, 0.15) is 18.9 Å². The maximum atomic E-state index is 12.2. The normalized spacial score (nSPS) is 22.7. The Bertz CT molecular complexity index is 452. The number of carbonyl (C=O) groups is 2. The third-order valence-corrected chi connectivity index (χ3v) is 4.25. The van der Waals surface area contributed by atoms with Gasteiger partial charge in [-0.25, -0.2) is 9.48 Å². The molecule has 0 saturated carbocycles. The summed E-state index contributed by atoms with van der Waals surface area (Å²) in [6, 6.07) is -0.759. The Kier molecular flexibility index (Phi) is 4.35. The molecule has 2 unspecified atom stereocenters. The van der Waals surface area contributed by atoms with Gasteiger partial charge in [-0.2, -0.15) is 0 Å². The second-order valence-electron chi connectivity index (χ2n) is 4.24. The lowest BCUT2D eigenvalue weighted by Gasteiger charge is -2.27. The largest absolute Gasteiger partial charge is 0.480 e. The molecule has 2 atom stereocenters. The van der Waals surface area contributed by atoms with E-state index >= 15 is 0 Å². The fourth-order valence-corrected chi connectivity index (χ4v) is 3.57. The van der Waals surface area contributed by atoms with E-state index in [0.29, 0.717) is 5.75 Å². The highest BCUT2D eigenvalue weighted by Gasteiger charge is 2.41. The third-order valence-electron chi connectivity index (χ3n) is 2.89. The second kappa shape index (κ2) is 6.00. The zero-order valence-electron chi connectivity index (χ0n) is 10.5. The van der Waals surface area contributed by atoms with E-state index in [1.165, 1.54) is 27.7 Å². The lowest BCUT2D eigenvalue weighted by atomic mass is 10.2. The van der Waals surface area contributed by atoms with Gasteiger partial charge >= 0.3 is 5.97 Å². The Balaban J connectivity index is 2.11. The molecule has 104 valence electrons. The predicted molar refractivity (Wildman–Crippen MR) is 67.2 cm³/mol. The summed E-state index contributed by atoms with van der Waals surface area (Å²) in [5.41, 5.74) is 0. The quantitative estimate of drug-likeness (QED) is 0.801. The molecule has 1 aliphatic heterocycles. The van der Waals surface area contributed by atoms with Gasteiger partial charge in [-0.05, 0) is 16.8 Å². The molecule has 8 nitrogen and oxygen atoms in total. The van der Waals surface area contributed by atoms with Gasteiger partial charge in [0.2, 0.25) is 5.91 Å². The molecular weight excluding hydrogens is 270 g/mol. The van der Waals surface area contributed by atoms with Crippen LogP contribution in [0.2, 0.25) is 0 Å². The predicted octanol–water partition coefficient (Wildman–Crippen LogP) is -0.172. The first kappa shape index (κ1) is 13.8. The summed E-state index contributed by atoms with van der Waals surface area (Å²) in [4.78, 5) is 24.9. The molecule has 0 aliphatic carbocycles. The van der Waals surface area contributed by atoms with Gasteiger partial charge in [0.05, 0.1) is 5.37 Å². The van der Waals surface area contributed by atoms with Gasteiger partial charge in [0, 0.05) is 5.75 Å². The molecule has 0 radical (unpaired) electrons. The molecule has 1 fully saturated rings. The maximum Gasteiger partial charge on any atom is 0.327 e. The number of hydrogen-bond acceptors (Lipinski definition) is 6. The Hall–Kier alpha value is -1.64. The number of carbonyl (C=O) groups excluding carboxylic acids is 1. The number of aromatic nitrogens is 4. The number of thioether (sulfide) groups is 1. The molecule has 1 aromatic rings. The van der Waals surface area contributed by atoms with Crippen LogP contribution in [0.15, 0.2) is 6.33 Å². The van der Waals surface area contributed by atoms with Gasteiger partial charge in [-0.15, -0.1) is 16.9 Å². The zero-order valence-corrected chi connectivity index (χ0v) is 11.3. The van der Waals surface area contributed by atoms with E-state index in [-0.39, 0.29) is 17.8 Å². The van der Waals surface area contributed by atoms with Gasteiger partial charge in [0.25, 0.3) is 0 Å². The average molecular weight is 285 g/mol. The molecule has 9 heteroatoms. The molecule has 0 bridgehead atoms. The van der Waals surface area contributed by atoms with Crippen molar-refractivity contribution in [1.29, 1.82) is 0 Å². The van der Waals surface area contributed by atoms with Crippen molar-refractivity contribution < 1.29 is 14.7 Å². The van der Waals surface area contributed by atoms with Gasteiger partial charge in [-0.3, -0.25) is 4.79 Å². The number of tetrazole rings is 1. The number of rotatable bonds is 5. The van der Waals surface area contributed by atoms with Crippen molar-refractivity contribution in [3.8, 4) is 0 Å². The Morgan fingerprint density at radius 1 is 1.53 bits per heavy atom. The summed E-state index contributed by atoms with van der Waals surface area (Å²) in [6.45, 7) is 1.98. The van der Waals surface area contributed by atoms with Gasteiger partial charge < -0.3 is 10.0 Å². The van der Waals surface area contributed by atoms with Gasteiger partial charge in [0.15, 0.2) is 0 Å². The molecule has 1 aliphatic rings. The number of carboxylic acids is 1. The van der Waals surface area contributed by atoms with Crippen LogP contribution in [0, 0.1) is 0 Å². The summed E-state index contributed by atoms with van der Waals surface area (Å²) >= 11 is 1.52. The summed E-state index contributed by atoms with van der Waals surface area (Å²) < 4.78 is 1.30. The van der Waals surface area contributed by atoms with Crippen molar-refractivity contribution >= 4 is 23.6 Å². The van der Waals surface area contributed by atoms with Crippen LogP contribution >= 0.6 is 11.8 Å². The third kappa shape index (κ3) is 3.03. The number of hydrogen-bond donors (Lipinski definition) is 1. The molecule has 1 aromatic heterocycles. The van der Waals surface area contributed by atoms with Crippen LogP contribution in [-0.2, 0) is 16.1 Å². The van der Waals surface area contributed by atoms with Crippen LogP contribution < -0.4 is 0 Å². The van der Waals surface area contributed by atoms with Crippen molar-refractivity contribution in [2.24, 2.45) is 0 Å². The Labute approximate surface area is 114 Å². The van der Waals surface area contributed by atoms with Crippen LogP contribution in [0.4, 0.5) is 0 Å². The maximum absolute atomic E-state index is 12.2. The zero-order chi connectivity index (χ0) is 13.8. The smallest absolute Gasteiger partial charge is 0.327 e.